The third kappa shape index (κ3) is 5.27. The molecule has 0 spiro atoms. The Morgan fingerprint density at radius 3 is 2.23 bits per heavy atom. The summed E-state index contributed by atoms with van der Waals surface area (Å²) in [6, 6.07) is 3.98. The number of carbonyl (C=O) groups excluding carboxylic acids is 1. The second kappa shape index (κ2) is 10.3. The zero-order valence-electron chi connectivity index (χ0n) is 16.5. The van der Waals surface area contributed by atoms with Crippen LogP contribution in [-0.2, 0) is 11.3 Å². The number of ether oxygens (including phenoxy) is 3. The molecule has 0 bridgehead atoms. The fraction of sp³-hybridized carbons (Fsp3) is 0.650. The van der Waals surface area contributed by atoms with Crippen molar-refractivity contribution in [1.29, 1.82) is 0 Å². The molecule has 1 N–H and O–H groups in total. The predicted molar refractivity (Wildman–Crippen MR) is 102 cm³/mol. The lowest BCUT2D eigenvalue weighted by atomic mass is 9.95. The van der Waals surface area contributed by atoms with Crippen LogP contribution in [-0.4, -0.2) is 51.8 Å². The number of carbonyl (C=O) groups is 1. The molecule has 0 radical (unpaired) electrons. The van der Waals surface area contributed by atoms with Gasteiger partial charge in [-0.3, -0.25) is 9.69 Å². The fourth-order valence-electron chi connectivity index (χ4n) is 3.37. The molecule has 0 unspecified atom stereocenters. The van der Waals surface area contributed by atoms with Crippen LogP contribution in [0.3, 0.4) is 0 Å². The molecule has 6 heteroatoms. The summed E-state index contributed by atoms with van der Waals surface area (Å²) >= 11 is 0. The second-order valence-electron chi connectivity index (χ2n) is 6.73. The number of methoxy groups -OCH3 is 3. The summed E-state index contributed by atoms with van der Waals surface area (Å²) in [5, 5.41) is 3.06. The van der Waals surface area contributed by atoms with Crippen molar-refractivity contribution in [1.82, 2.24) is 10.2 Å². The average Bonchev–Trinajstić information content (AvgIpc) is 2.67. The van der Waals surface area contributed by atoms with Crippen molar-refractivity contribution in [2.45, 2.75) is 39.2 Å². The number of nitrogens with one attached hydrogen (secondary N) is 1. The van der Waals surface area contributed by atoms with Crippen molar-refractivity contribution in [3.63, 3.8) is 0 Å². The van der Waals surface area contributed by atoms with Gasteiger partial charge in [0.15, 0.2) is 11.5 Å². The number of nitrogens with zero attached hydrogens (tertiary/aromatic N) is 1. The summed E-state index contributed by atoms with van der Waals surface area (Å²) in [5.41, 5.74) is 1.12. The van der Waals surface area contributed by atoms with Gasteiger partial charge in [0.1, 0.15) is 0 Å². The molecule has 1 aliphatic heterocycles. The van der Waals surface area contributed by atoms with E-state index in [9.17, 15) is 4.79 Å². The van der Waals surface area contributed by atoms with Crippen molar-refractivity contribution in [3.8, 4) is 17.2 Å². The highest BCUT2D eigenvalue weighted by molar-refractivity contribution is 5.78. The molecule has 1 saturated heterocycles. The molecule has 146 valence electrons. The SMILES string of the molecule is CCCCNC(=O)C1CCN(Cc2cc(OC)c(OC)c(OC)c2)CC1. The van der Waals surface area contributed by atoms with Gasteiger partial charge in [-0.25, -0.2) is 0 Å². The van der Waals surface area contributed by atoms with E-state index in [4.69, 9.17) is 14.2 Å². The van der Waals surface area contributed by atoms with Gasteiger partial charge in [-0.1, -0.05) is 13.3 Å². The molecular formula is C20H32N2O4. The van der Waals surface area contributed by atoms with Crippen molar-refractivity contribution in [2.24, 2.45) is 5.92 Å². The van der Waals surface area contributed by atoms with Crippen LogP contribution < -0.4 is 19.5 Å². The summed E-state index contributed by atoms with van der Waals surface area (Å²) in [6.45, 7) is 5.57. The molecule has 1 fully saturated rings. The average molecular weight is 364 g/mol. The van der Waals surface area contributed by atoms with E-state index in [1.165, 1.54) is 0 Å². The molecule has 1 heterocycles. The number of benzene rings is 1. The van der Waals surface area contributed by atoms with Gasteiger partial charge in [0.25, 0.3) is 0 Å². The van der Waals surface area contributed by atoms with E-state index in [-0.39, 0.29) is 11.8 Å². The van der Waals surface area contributed by atoms with Gasteiger partial charge >= 0.3 is 0 Å². The maximum atomic E-state index is 12.2. The highest BCUT2D eigenvalue weighted by Crippen LogP contribution is 2.38. The van der Waals surface area contributed by atoms with Gasteiger partial charge in [0.05, 0.1) is 21.3 Å². The van der Waals surface area contributed by atoms with Crippen molar-refractivity contribution >= 4 is 5.91 Å². The molecule has 0 atom stereocenters. The number of rotatable bonds is 9. The van der Waals surface area contributed by atoms with Gasteiger partial charge in [-0.05, 0) is 50.0 Å². The van der Waals surface area contributed by atoms with Crippen LogP contribution in [0, 0.1) is 5.92 Å². The summed E-state index contributed by atoms with van der Waals surface area (Å²) in [5.74, 6) is 2.31. The molecule has 0 aromatic heterocycles. The van der Waals surface area contributed by atoms with E-state index in [1.54, 1.807) is 21.3 Å². The van der Waals surface area contributed by atoms with Crippen LogP contribution in [0.4, 0.5) is 0 Å². The van der Waals surface area contributed by atoms with Crippen molar-refractivity contribution < 1.29 is 19.0 Å². The first kappa shape index (κ1) is 20.4. The molecule has 0 saturated carbocycles. The van der Waals surface area contributed by atoms with Crippen LogP contribution >= 0.6 is 0 Å². The molecule has 1 aliphatic rings. The third-order valence-corrected chi connectivity index (χ3v) is 4.92. The lowest BCUT2D eigenvalue weighted by Crippen LogP contribution is -2.40. The molecule has 1 amide bonds. The zero-order valence-corrected chi connectivity index (χ0v) is 16.5. The number of likely N-dealkylation sites (tertiary alicyclic amines) is 1. The smallest absolute Gasteiger partial charge is 0.223 e. The van der Waals surface area contributed by atoms with E-state index in [1.807, 2.05) is 12.1 Å². The minimum absolute atomic E-state index is 0.142. The maximum absolute atomic E-state index is 12.2. The van der Waals surface area contributed by atoms with E-state index >= 15 is 0 Å². The van der Waals surface area contributed by atoms with Crippen LogP contribution in [0.2, 0.25) is 0 Å². The first-order valence-electron chi connectivity index (χ1n) is 9.41. The lowest BCUT2D eigenvalue weighted by molar-refractivity contribution is -0.126. The van der Waals surface area contributed by atoms with E-state index in [0.29, 0.717) is 17.2 Å². The van der Waals surface area contributed by atoms with E-state index in [0.717, 1.165) is 57.4 Å². The van der Waals surface area contributed by atoms with Gasteiger partial charge in [-0.2, -0.15) is 0 Å². The highest BCUT2D eigenvalue weighted by Gasteiger charge is 2.25. The maximum Gasteiger partial charge on any atom is 0.223 e. The quantitative estimate of drug-likeness (QED) is 0.683. The van der Waals surface area contributed by atoms with Crippen molar-refractivity contribution in [3.05, 3.63) is 17.7 Å². The molecule has 0 aliphatic carbocycles. The molecule has 2 rings (SSSR count). The van der Waals surface area contributed by atoms with Crippen molar-refractivity contribution in [2.75, 3.05) is 41.0 Å². The summed E-state index contributed by atoms with van der Waals surface area (Å²) < 4.78 is 16.2. The normalized spacial score (nSPS) is 15.5. The molecule has 1 aromatic carbocycles. The van der Waals surface area contributed by atoms with Crippen LogP contribution in [0.5, 0.6) is 17.2 Å². The summed E-state index contributed by atoms with van der Waals surface area (Å²) in [4.78, 5) is 14.6. The van der Waals surface area contributed by atoms with Gasteiger partial charge < -0.3 is 19.5 Å². The summed E-state index contributed by atoms with van der Waals surface area (Å²) in [7, 11) is 4.86. The Kier molecular flexibility index (Phi) is 8.04. The van der Waals surface area contributed by atoms with Crippen LogP contribution in [0.1, 0.15) is 38.2 Å². The minimum atomic E-state index is 0.142. The largest absolute Gasteiger partial charge is 0.493 e. The number of piperidine rings is 1. The summed E-state index contributed by atoms with van der Waals surface area (Å²) in [6.07, 6.45) is 3.96. The standard InChI is InChI=1S/C20H32N2O4/c1-5-6-9-21-20(23)16-7-10-22(11-8-16)14-15-12-17(24-2)19(26-4)18(13-15)25-3/h12-13,16H,5-11,14H2,1-4H3,(H,21,23). The first-order chi connectivity index (χ1) is 12.6. The Balaban J connectivity index is 1.92. The molecule has 26 heavy (non-hydrogen) atoms. The predicted octanol–water partition coefficient (Wildman–Crippen LogP) is 2.84. The molecule has 1 aromatic rings. The second-order valence-corrected chi connectivity index (χ2v) is 6.73. The molecular weight excluding hydrogens is 332 g/mol. The number of hydrogen-bond donors (Lipinski definition) is 1. The Morgan fingerprint density at radius 1 is 1.12 bits per heavy atom. The number of unbranched alkanes of at least 4 members (excludes halogenated alkanes) is 1. The van der Waals surface area contributed by atoms with Crippen LogP contribution in [0.15, 0.2) is 12.1 Å². The monoisotopic (exact) mass is 364 g/mol. The third-order valence-electron chi connectivity index (χ3n) is 4.92. The minimum Gasteiger partial charge on any atom is -0.493 e. The Labute approximate surface area is 156 Å². The van der Waals surface area contributed by atoms with Crippen LogP contribution in [0.25, 0.3) is 0 Å². The number of amides is 1. The van der Waals surface area contributed by atoms with Gasteiger partial charge in [-0.15, -0.1) is 0 Å². The van der Waals surface area contributed by atoms with Gasteiger partial charge in [0.2, 0.25) is 11.7 Å². The highest BCUT2D eigenvalue weighted by atomic mass is 16.5. The number of hydrogen-bond acceptors (Lipinski definition) is 5. The van der Waals surface area contributed by atoms with E-state index < -0.39 is 0 Å². The van der Waals surface area contributed by atoms with Gasteiger partial charge in [0, 0.05) is 19.0 Å². The zero-order chi connectivity index (χ0) is 18.9. The molecule has 6 nitrogen and oxygen atoms in total. The Bertz CT molecular complexity index is 558. The first-order valence-corrected chi connectivity index (χ1v) is 9.41. The van der Waals surface area contributed by atoms with E-state index in [2.05, 4.69) is 17.1 Å². The lowest BCUT2D eigenvalue weighted by Gasteiger charge is -2.31. The fourth-order valence-corrected chi connectivity index (χ4v) is 3.37. The topological polar surface area (TPSA) is 60.0 Å². The Morgan fingerprint density at radius 2 is 1.73 bits per heavy atom. The Hall–Kier alpha value is -1.95.